The number of hydrogen-bond donors (Lipinski definition) is 6. The van der Waals surface area contributed by atoms with Crippen molar-refractivity contribution in [2.24, 2.45) is 23.3 Å². The Balaban J connectivity index is 1.97. The minimum absolute atomic E-state index is 0.0212. The average Bonchev–Trinajstić information content (AvgIpc) is 2.68. The van der Waals surface area contributed by atoms with Gasteiger partial charge in [0.05, 0.1) is 11.6 Å². The molecule has 0 aromatic heterocycles. The lowest BCUT2D eigenvalue weighted by Crippen LogP contribution is -2.65. The van der Waals surface area contributed by atoms with E-state index in [1.54, 1.807) is 25.1 Å². The zero-order valence-corrected chi connectivity index (χ0v) is 16.9. The van der Waals surface area contributed by atoms with Crippen LogP contribution in [0.25, 0.3) is 5.76 Å². The van der Waals surface area contributed by atoms with Gasteiger partial charge < -0.3 is 36.8 Å². The van der Waals surface area contributed by atoms with Crippen LogP contribution in [0, 0.1) is 11.8 Å². The number of benzene rings is 1. The zero-order valence-electron chi connectivity index (χ0n) is 16.9. The summed E-state index contributed by atoms with van der Waals surface area (Å²) in [4.78, 5) is 39.4. The van der Waals surface area contributed by atoms with Crippen LogP contribution in [0.3, 0.4) is 0 Å². The van der Waals surface area contributed by atoms with Gasteiger partial charge >= 0.3 is 0 Å². The topological polar surface area (TPSA) is 187 Å². The van der Waals surface area contributed by atoms with Crippen molar-refractivity contribution in [3.05, 3.63) is 40.2 Å². The van der Waals surface area contributed by atoms with E-state index in [-0.39, 0.29) is 29.7 Å². The number of fused-ring (bicyclic) bond motifs is 3. The number of phenolic OH excluding ortho intramolecular Hbond substituents is 1. The maximum atomic E-state index is 13.4. The molecule has 164 valence electrons. The lowest BCUT2D eigenvalue weighted by atomic mass is 9.58. The molecule has 0 aliphatic heterocycles. The summed E-state index contributed by atoms with van der Waals surface area (Å²) in [5.41, 5.74) is 8.71. The van der Waals surface area contributed by atoms with Crippen molar-refractivity contribution in [2.75, 3.05) is 19.0 Å². The van der Waals surface area contributed by atoms with Crippen molar-refractivity contribution in [1.82, 2.24) is 0 Å². The van der Waals surface area contributed by atoms with Crippen molar-refractivity contribution < 1.29 is 34.8 Å². The first-order chi connectivity index (χ1) is 14.4. The van der Waals surface area contributed by atoms with Crippen molar-refractivity contribution in [1.29, 1.82) is 0 Å². The number of carbonyl (C=O) groups excluding carboxylic acids is 3. The summed E-state index contributed by atoms with van der Waals surface area (Å²) in [6.45, 7) is 0. The molecule has 4 rings (SSSR count). The highest BCUT2D eigenvalue weighted by molar-refractivity contribution is 6.24. The molecule has 1 amide bonds. The molecule has 31 heavy (non-hydrogen) atoms. The molecule has 0 bridgehead atoms. The molecule has 4 atom stereocenters. The molecule has 0 heterocycles. The van der Waals surface area contributed by atoms with E-state index in [1.165, 1.54) is 6.07 Å². The Morgan fingerprint density at radius 2 is 1.84 bits per heavy atom. The quantitative estimate of drug-likeness (QED) is 0.334. The zero-order chi connectivity index (χ0) is 23.0. The van der Waals surface area contributed by atoms with E-state index in [0.29, 0.717) is 5.56 Å². The summed E-state index contributed by atoms with van der Waals surface area (Å²) in [7, 11) is 3.58. The van der Waals surface area contributed by atoms with Gasteiger partial charge in [0.25, 0.3) is 5.91 Å². The number of rotatable bonds is 2. The maximum Gasteiger partial charge on any atom is 0.255 e. The van der Waals surface area contributed by atoms with E-state index in [0.717, 1.165) is 5.69 Å². The lowest BCUT2D eigenvalue weighted by Gasteiger charge is -2.48. The average molecular weight is 429 g/mol. The number of ketones is 2. The highest BCUT2D eigenvalue weighted by Crippen LogP contribution is 2.52. The summed E-state index contributed by atoms with van der Waals surface area (Å²) in [6, 6.07) is 1.61. The predicted octanol–water partition coefficient (Wildman–Crippen LogP) is -0.573. The van der Waals surface area contributed by atoms with Crippen LogP contribution in [0.5, 0.6) is 5.75 Å². The molecule has 0 saturated heterocycles. The van der Waals surface area contributed by atoms with E-state index in [1.807, 2.05) is 0 Å². The monoisotopic (exact) mass is 429 g/mol. The van der Waals surface area contributed by atoms with Gasteiger partial charge in [0.1, 0.15) is 22.8 Å². The van der Waals surface area contributed by atoms with Gasteiger partial charge in [-0.2, -0.15) is 0 Å². The van der Waals surface area contributed by atoms with Crippen LogP contribution in [0.2, 0.25) is 0 Å². The molecular weight excluding hydrogens is 406 g/mol. The number of nitrogens with two attached hydrogens (primary N) is 2. The highest BCUT2D eigenvalue weighted by atomic mass is 16.3. The third-order valence-electron chi connectivity index (χ3n) is 6.59. The molecule has 1 saturated carbocycles. The number of anilines is 1. The molecule has 3 aliphatic rings. The van der Waals surface area contributed by atoms with Crippen LogP contribution in [-0.4, -0.2) is 63.6 Å². The third kappa shape index (κ3) is 2.55. The predicted molar refractivity (Wildman–Crippen MR) is 109 cm³/mol. The Hall–Kier alpha value is -3.37. The Labute approximate surface area is 177 Å². The second kappa shape index (κ2) is 6.56. The number of aliphatic hydroxyl groups excluding tert-OH is 2. The fraction of sp³-hybridized carbons (Fsp3) is 0.381. The van der Waals surface area contributed by atoms with Crippen LogP contribution in [0.1, 0.15) is 17.5 Å². The second-order valence-corrected chi connectivity index (χ2v) is 8.43. The first-order valence-corrected chi connectivity index (χ1v) is 9.69. The molecule has 3 aliphatic carbocycles. The standard InChI is InChI=1S/C21H23N3O7/c1-24(2)10-3-4-11(25)13-8(10)5-7-6-9-15(22)17(27)14(20(23)30)19(29)21(9,31)18(28)12(7)16(13)26/h3-4,7,9,15,25-26,29,31H,5-6,22H2,1-2H3,(H2,23,30)/t7-,9-,15?,21-/m0/s1. The minimum atomic E-state index is -2.69. The molecule has 1 aromatic rings. The van der Waals surface area contributed by atoms with E-state index < -0.39 is 58.0 Å². The van der Waals surface area contributed by atoms with Gasteiger partial charge in [0.15, 0.2) is 11.4 Å². The molecule has 0 spiro atoms. The summed E-state index contributed by atoms with van der Waals surface area (Å²) >= 11 is 0. The molecule has 1 unspecified atom stereocenters. The molecule has 10 heteroatoms. The van der Waals surface area contributed by atoms with E-state index in [2.05, 4.69) is 0 Å². The van der Waals surface area contributed by atoms with Crippen LogP contribution >= 0.6 is 0 Å². The van der Waals surface area contributed by atoms with Gasteiger partial charge in [-0.25, -0.2) is 0 Å². The van der Waals surface area contributed by atoms with E-state index >= 15 is 0 Å². The fourth-order valence-corrected chi connectivity index (χ4v) is 5.12. The molecule has 10 nitrogen and oxygen atoms in total. The van der Waals surface area contributed by atoms with Crippen molar-refractivity contribution >= 4 is 28.9 Å². The maximum absolute atomic E-state index is 13.4. The minimum Gasteiger partial charge on any atom is -0.508 e. The van der Waals surface area contributed by atoms with E-state index in [4.69, 9.17) is 11.5 Å². The summed E-state index contributed by atoms with van der Waals surface area (Å²) in [5, 5.41) is 43.2. The number of amides is 1. The molecule has 8 N–H and O–H groups in total. The second-order valence-electron chi connectivity index (χ2n) is 8.43. The number of aliphatic hydroxyl groups is 3. The summed E-state index contributed by atoms with van der Waals surface area (Å²) < 4.78 is 0. The van der Waals surface area contributed by atoms with Gasteiger partial charge in [-0.05, 0) is 36.5 Å². The van der Waals surface area contributed by atoms with Crippen LogP contribution < -0.4 is 16.4 Å². The van der Waals surface area contributed by atoms with Gasteiger partial charge in [-0.1, -0.05) is 0 Å². The number of hydrogen-bond acceptors (Lipinski definition) is 9. The SMILES string of the molecule is CN(C)c1ccc(O)c2c1C[C@H]1C[C@H]3C(N)C(=O)C(C(N)=O)=C(O)[C@@]3(O)C(=O)C1=C2O. The Morgan fingerprint density at radius 3 is 2.42 bits per heavy atom. The van der Waals surface area contributed by atoms with E-state index in [9.17, 15) is 34.8 Å². The number of primary amides is 1. The highest BCUT2D eigenvalue weighted by Gasteiger charge is 2.63. The normalized spacial score (nSPS) is 30.0. The Kier molecular flexibility index (Phi) is 4.42. The van der Waals surface area contributed by atoms with Crippen LogP contribution in [-0.2, 0) is 20.8 Å². The van der Waals surface area contributed by atoms with Gasteiger partial charge in [0, 0.05) is 31.3 Å². The number of phenols is 1. The smallest absolute Gasteiger partial charge is 0.255 e. The van der Waals surface area contributed by atoms with Crippen molar-refractivity contribution in [3.8, 4) is 5.75 Å². The number of nitrogens with zero attached hydrogens (tertiary/aromatic N) is 1. The summed E-state index contributed by atoms with van der Waals surface area (Å²) in [5.74, 6) is -7.14. The first kappa shape index (κ1) is 20.9. The largest absolute Gasteiger partial charge is 0.508 e. The van der Waals surface area contributed by atoms with Crippen LogP contribution in [0.4, 0.5) is 5.69 Å². The number of aromatic hydroxyl groups is 1. The van der Waals surface area contributed by atoms with Gasteiger partial charge in [-0.3, -0.25) is 14.4 Å². The third-order valence-corrected chi connectivity index (χ3v) is 6.59. The number of Topliss-reactive ketones (excluding diaryl/α,β-unsaturated/α-hetero) is 2. The first-order valence-electron chi connectivity index (χ1n) is 9.69. The molecular formula is C21H23N3O7. The Morgan fingerprint density at radius 1 is 1.19 bits per heavy atom. The molecule has 0 radical (unpaired) electrons. The van der Waals surface area contributed by atoms with Gasteiger partial charge in [0.2, 0.25) is 5.78 Å². The number of carbonyl (C=O) groups is 3. The van der Waals surface area contributed by atoms with Gasteiger partial charge in [-0.15, -0.1) is 0 Å². The Bertz CT molecular complexity index is 1120. The molecule has 1 fully saturated rings. The van der Waals surface area contributed by atoms with Crippen molar-refractivity contribution in [2.45, 2.75) is 24.5 Å². The fourth-order valence-electron chi connectivity index (χ4n) is 5.12. The molecule has 1 aromatic carbocycles. The lowest BCUT2D eigenvalue weighted by molar-refractivity contribution is -0.149. The summed E-state index contributed by atoms with van der Waals surface area (Å²) in [6.07, 6.45) is 0.204. The van der Waals surface area contributed by atoms with Crippen LogP contribution in [0.15, 0.2) is 29.0 Å². The van der Waals surface area contributed by atoms with Crippen molar-refractivity contribution in [3.63, 3.8) is 0 Å².